The van der Waals surface area contributed by atoms with Gasteiger partial charge in [0.2, 0.25) is 10.0 Å². The Morgan fingerprint density at radius 1 is 1.18 bits per heavy atom. The van der Waals surface area contributed by atoms with Gasteiger partial charge in [0.1, 0.15) is 10.6 Å². The normalized spacial score (nSPS) is 16.3. The summed E-state index contributed by atoms with van der Waals surface area (Å²) in [6, 6.07) is 13.0. The molecule has 4 rings (SSSR count). The van der Waals surface area contributed by atoms with E-state index < -0.39 is 21.9 Å². The van der Waals surface area contributed by atoms with Crippen LogP contribution >= 0.6 is 11.3 Å². The molecule has 2 heterocycles. The summed E-state index contributed by atoms with van der Waals surface area (Å²) in [5.41, 5.74) is 0.561. The maximum atomic E-state index is 12.9. The van der Waals surface area contributed by atoms with Crippen LogP contribution in [0.4, 0.5) is 5.00 Å². The van der Waals surface area contributed by atoms with E-state index in [9.17, 15) is 18.0 Å². The van der Waals surface area contributed by atoms with Crippen LogP contribution in [0.2, 0.25) is 0 Å². The smallest absolute Gasteiger partial charge is 0.341 e. The summed E-state index contributed by atoms with van der Waals surface area (Å²) in [6.45, 7) is 0.937. The Hall–Kier alpha value is -2.79. The minimum absolute atomic E-state index is 0.0941. The fourth-order valence-corrected chi connectivity index (χ4v) is 6.03. The van der Waals surface area contributed by atoms with Gasteiger partial charge in [0, 0.05) is 35.8 Å². The molecule has 10 heteroatoms. The van der Waals surface area contributed by atoms with Crippen LogP contribution in [0.1, 0.15) is 33.6 Å². The van der Waals surface area contributed by atoms with E-state index in [1.165, 1.54) is 54.1 Å². The first kappa shape index (κ1) is 23.4. The van der Waals surface area contributed by atoms with Crippen molar-refractivity contribution >= 4 is 48.3 Å². The van der Waals surface area contributed by atoms with E-state index in [-0.39, 0.29) is 23.1 Å². The molecular weight excluding hydrogens is 464 g/mol. The Labute approximate surface area is 196 Å². The Kier molecular flexibility index (Phi) is 6.80. The van der Waals surface area contributed by atoms with Crippen molar-refractivity contribution < 1.29 is 27.5 Å². The number of amides is 1. The number of benzene rings is 2. The standard InChI is InChI=1S/C23H24N2O6S2/c1-25(14-16-6-5-13-31-16)33(28,29)17-11-9-15(10-12-17)21(26)24-22-20(23(27)30-2)18-7-3-4-8-19(18)32-22/h3-4,7-12,16H,5-6,13-14H2,1-2H3,(H,24,26). The van der Waals surface area contributed by atoms with Gasteiger partial charge in [-0.15, -0.1) is 11.3 Å². The van der Waals surface area contributed by atoms with Crippen molar-refractivity contribution in [1.82, 2.24) is 4.31 Å². The number of fused-ring (bicyclic) bond motifs is 1. The van der Waals surface area contributed by atoms with Crippen LogP contribution in [0.25, 0.3) is 10.1 Å². The van der Waals surface area contributed by atoms with Gasteiger partial charge in [0.05, 0.1) is 18.1 Å². The molecule has 1 aliphatic rings. The van der Waals surface area contributed by atoms with Crippen molar-refractivity contribution in [3.63, 3.8) is 0 Å². The topological polar surface area (TPSA) is 102 Å². The van der Waals surface area contributed by atoms with Crippen LogP contribution in [0.3, 0.4) is 0 Å². The zero-order chi connectivity index (χ0) is 23.6. The molecule has 174 valence electrons. The van der Waals surface area contributed by atoms with Gasteiger partial charge in [0.25, 0.3) is 5.91 Å². The molecule has 1 atom stereocenters. The van der Waals surface area contributed by atoms with E-state index in [1.807, 2.05) is 18.2 Å². The van der Waals surface area contributed by atoms with E-state index in [0.29, 0.717) is 22.6 Å². The van der Waals surface area contributed by atoms with Crippen LogP contribution in [-0.2, 0) is 19.5 Å². The average molecular weight is 489 g/mol. The van der Waals surface area contributed by atoms with Gasteiger partial charge in [0.15, 0.2) is 0 Å². The van der Waals surface area contributed by atoms with E-state index in [4.69, 9.17) is 9.47 Å². The number of anilines is 1. The van der Waals surface area contributed by atoms with Crippen LogP contribution in [-0.4, -0.2) is 58.0 Å². The highest BCUT2D eigenvalue weighted by Gasteiger charge is 2.26. The maximum Gasteiger partial charge on any atom is 0.341 e. The molecule has 0 spiro atoms. The predicted octanol–water partition coefficient (Wildman–Crippen LogP) is 3.74. The third-order valence-corrected chi connectivity index (χ3v) is 8.45. The summed E-state index contributed by atoms with van der Waals surface area (Å²) in [5, 5.41) is 3.83. The number of nitrogens with zero attached hydrogens (tertiary/aromatic N) is 1. The summed E-state index contributed by atoms with van der Waals surface area (Å²) in [4.78, 5) is 25.3. The Morgan fingerprint density at radius 2 is 1.91 bits per heavy atom. The van der Waals surface area contributed by atoms with E-state index in [2.05, 4.69) is 5.32 Å². The van der Waals surface area contributed by atoms with Crippen molar-refractivity contribution in [3.05, 3.63) is 59.7 Å². The minimum Gasteiger partial charge on any atom is -0.465 e. The number of esters is 1. The first-order chi connectivity index (χ1) is 15.8. The molecule has 1 unspecified atom stereocenters. The van der Waals surface area contributed by atoms with E-state index in [0.717, 1.165) is 17.5 Å². The molecule has 1 N–H and O–H groups in total. The van der Waals surface area contributed by atoms with Crippen LogP contribution in [0.15, 0.2) is 53.4 Å². The molecule has 8 nitrogen and oxygen atoms in total. The molecule has 1 aliphatic heterocycles. The molecule has 0 aliphatic carbocycles. The number of carbonyl (C=O) groups excluding carboxylic acids is 2. The van der Waals surface area contributed by atoms with Crippen LogP contribution in [0, 0.1) is 0 Å². The molecule has 2 aromatic carbocycles. The van der Waals surface area contributed by atoms with Gasteiger partial charge in [-0.3, -0.25) is 4.79 Å². The Balaban J connectivity index is 1.53. The molecule has 1 aromatic heterocycles. The predicted molar refractivity (Wildman–Crippen MR) is 126 cm³/mol. The van der Waals surface area contributed by atoms with Gasteiger partial charge in [-0.2, -0.15) is 4.31 Å². The lowest BCUT2D eigenvalue weighted by Crippen LogP contribution is -2.34. The second-order valence-electron chi connectivity index (χ2n) is 7.69. The summed E-state index contributed by atoms with van der Waals surface area (Å²) >= 11 is 1.27. The number of sulfonamides is 1. The second-order valence-corrected chi connectivity index (χ2v) is 10.8. The third-order valence-electron chi connectivity index (χ3n) is 5.52. The van der Waals surface area contributed by atoms with Gasteiger partial charge in [-0.1, -0.05) is 18.2 Å². The quantitative estimate of drug-likeness (QED) is 0.509. The summed E-state index contributed by atoms with van der Waals surface area (Å²) in [7, 11) is -0.896. The van der Waals surface area contributed by atoms with Crippen molar-refractivity contribution in [2.45, 2.75) is 23.8 Å². The summed E-state index contributed by atoms with van der Waals surface area (Å²) in [6.07, 6.45) is 1.67. The zero-order valence-electron chi connectivity index (χ0n) is 18.2. The SMILES string of the molecule is COC(=O)c1c(NC(=O)c2ccc(S(=O)(=O)N(C)CC3CCCO3)cc2)sc2ccccc12. The molecule has 3 aromatic rings. The summed E-state index contributed by atoms with van der Waals surface area (Å²) in [5.74, 6) is -0.998. The highest BCUT2D eigenvalue weighted by molar-refractivity contribution is 7.89. The number of rotatable bonds is 7. The molecule has 0 bridgehead atoms. The number of thiophene rings is 1. The fourth-order valence-electron chi connectivity index (χ4n) is 3.74. The van der Waals surface area contributed by atoms with Crippen molar-refractivity contribution in [1.29, 1.82) is 0 Å². The molecule has 1 saturated heterocycles. The number of carbonyl (C=O) groups is 2. The molecular formula is C23H24N2O6S2. The molecule has 0 saturated carbocycles. The highest BCUT2D eigenvalue weighted by Crippen LogP contribution is 2.36. The summed E-state index contributed by atoms with van der Waals surface area (Å²) < 4.78 is 38.3. The second kappa shape index (κ2) is 9.60. The van der Waals surface area contributed by atoms with E-state index in [1.54, 1.807) is 6.07 Å². The molecule has 1 fully saturated rings. The zero-order valence-corrected chi connectivity index (χ0v) is 19.9. The number of hydrogen-bond acceptors (Lipinski definition) is 7. The number of likely N-dealkylation sites (N-methyl/N-ethyl adjacent to an activating group) is 1. The van der Waals surface area contributed by atoms with Crippen LogP contribution in [0.5, 0.6) is 0 Å². The molecule has 0 radical (unpaired) electrons. The largest absolute Gasteiger partial charge is 0.465 e. The number of hydrogen-bond donors (Lipinski definition) is 1. The highest BCUT2D eigenvalue weighted by atomic mass is 32.2. The third kappa shape index (κ3) is 4.79. The Morgan fingerprint density at radius 3 is 2.58 bits per heavy atom. The first-order valence-corrected chi connectivity index (χ1v) is 12.7. The van der Waals surface area contributed by atoms with Gasteiger partial charge >= 0.3 is 5.97 Å². The lowest BCUT2D eigenvalue weighted by Gasteiger charge is -2.20. The monoisotopic (exact) mass is 488 g/mol. The lowest BCUT2D eigenvalue weighted by molar-refractivity contribution is 0.0604. The number of nitrogens with one attached hydrogen (secondary N) is 1. The maximum absolute atomic E-state index is 12.9. The lowest BCUT2D eigenvalue weighted by atomic mass is 10.1. The van der Waals surface area contributed by atoms with E-state index >= 15 is 0 Å². The fraction of sp³-hybridized carbons (Fsp3) is 0.304. The number of methoxy groups -OCH3 is 1. The Bertz CT molecular complexity index is 1280. The van der Waals surface area contributed by atoms with Crippen molar-refractivity contribution in [2.75, 3.05) is 32.6 Å². The van der Waals surface area contributed by atoms with Gasteiger partial charge in [-0.05, 0) is 43.2 Å². The van der Waals surface area contributed by atoms with Crippen molar-refractivity contribution in [3.8, 4) is 0 Å². The number of ether oxygens (including phenoxy) is 2. The first-order valence-electron chi connectivity index (χ1n) is 10.4. The minimum atomic E-state index is -3.70. The average Bonchev–Trinajstić information content (AvgIpc) is 3.45. The van der Waals surface area contributed by atoms with Gasteiger partial charge in [-0.25, -0.2) is 13.2 Å². The van der Waals surface area contributed by atoms with Crippen molar-refractivity contribution in [2.24, 2.45) is 0 Å². The molecule has 1 amide bonds. The van der Waals surface area contributed by atoms with Gasteiger partial charge < -0.3 is 14.8 Å². The van der Waals surface area contributed by atoms with Crippen LogP contribution < -0.4 is 5.32 Å². The molecule has 33 heavy (non-hydrogen) atoms.